The van der Waals surface area contributed by atoms with Crippen LogP contribution in [0.15, 0.2) is 0 Å². The van der Waals surface area contributed by atoms with E-state index in [4.69, 9.17) is 14.6 Å². The molecule has 2 atom stereocenters. The Labute approximate surface area is 54.6 Å². The molecule has 0 amide bonds. The number of aliphatic hydroxyl groups excluding tert-OH is 1. The number of hydrogen-bond acceptors (Lipinski definition) is 3. The van der Waals surface area contributed by atoms with Crippen molar-refractivity contribution in [1.29, 1.82) is 0 Å². The van der Waals surface area contributed by atoms with Crippen molar-refractivity contribution in [2.45, 2.75) is 25.2 Å². The van der Waals surface area contributed by atoms with Crippen molar-refractivity contribution < 1.29 is 14.6 Å². The summed E-state index contributed by atoms with van der Waals surface area (Å²) in [6.07, 6.45) is 1.07. The third-order valence-electron chi connectivity index (χ3n) is 1.54. The van der Waals surface area contributed by atoms with Crippen LogP contribution >= 0.6 is 0 Å². The Morgan fingerprint density at radius 3 is 2.89 bits per heavy atom. The molecule has 1 aliphatic rings. The van der Waals surface area contributed by atoms with Crippen LogP contribution in [-0.4, -0.2) is 31.2 Å². The Morgan fingerprint density at radius 2 is 2.44 bits per heavy atom. The Kier molecular flexibility index (Phi) is 2.45. The maximum atomic E-state index is 9.02. The first-order chi connectivity index (χ1) is 4.34. The number of rotatable bonds is 1. The highest BCUT2D eigenvalue weighted by Gasteiger charge is 2.22. The van der Waals surface area contributed by atoms with Crippen molar-refractivity contribution in [2.24, 2.45) is 0 Å². The predicted molar refractivity (Wildman–Crippen MR) is 32.0 cm³/mol. The number of ether oxygens (including phenoxy) is 2. The van der Waals surface area contributed by atoms with Crippen molar-refractivity contribution in [2.75, 3.05) is 13.7 Å². The van der Waals surface area contributed by atoms with Crippen LogP contribution in [0.4, 0.5) is 0 Å². The lowest BCUT2D eigenvalue weighted by atomic mass is 10.1. The zero-order chi connectivity index (χ0) is 6.69. The van der Waals surface area contributed by atoms with Gasteiger partial charge in [0.1, 0.15) is 6.10 Å². The van der Waals surface area contributed by atoms with E-state index in [1.165, 1.54) is 0 Å². The van der Waals surface area contributed by atoms with Gasteiger partial charge in [-0.25, -0.2) is 0 Å². The van der Waals surface area contributed by atoms with Crippen LogP contribution in [0, 0.1) is 0 Å². The summed E-state index contributed by atoms with van der Waals surface area (Å²) in [5.74, 6) is 0. The zero-order valence-electron chi connectivity index (χ0n) is 5.54. The average Bonchev–Trinajstić information content (AvgIpc) is 1.89. The van der Waals surface area contributed by atoms with E-state index in [2.05, 4.69) is 0 Å². The van der Waals surface area contributed by atoms with Crippen LogP contribution in [0.2, 0.25) is 0 Å². The summed E-state index contributed by atoms with van der Waals surface area (Å²) in [5.41, 5.74) is 0. The van der Waals surface area contributed by atoms with Crippen molar-refractivity contribution >= 4 is 0 Å². The van der Waals surface area contributed by atoms with E-state index in [0.717, 1.165) is 12.8 Å². The summed E-state index contributed by atoms with van der Waals surface area (Å²) < 4.78 is 9.84. The van der Waals surface area contributed by atoms with Gasteiger partial charge in [0.25, 0.3) is 0 Å². The van der Waals surface area contributed by atoms with Gasteiger partial charge in [0.2, 0.25) is 0 Å². The van der Waals surface area contributed by atoms with E-state index in [1.54, 1.807) is 7.11 Å². The summed E-state index contributed by atoms with van der Waals surface area (Å²) >= 11 is 0. The van der Waals surface area contributed by atoms with Gasteiger partial charge in [0.05, 0.1) is 0 Å². The molecule has 0 aromatic heterocycles. The average molecular weight is 132 g/mol. The SMILES string of the molecule is CO[C@H]1CCCOC1O. The lowest BCUT2D eigenvalue weighted by Crippen LogP contribution is -2.34. The van der Waals surface area contributed by atoms with E-state index >= 15 is 0 Å². The molecule has 1 rings (SSSR count). The minimum absolute atomic E-state index is 0.112. The lowest BCUT2D eigenvalue weighted by Gasteiger charge is -2.25. The Balaban J connectivity index is 2.30. The monoisotopic (exact) mass is 132 g/mol. The van der Waals surface area contributed by atoms with E-state index in [0.29, 0.717) is 6.61 Å². The first kappa shape index (κ1) is 6.99. The van der Waals surface area contributed by atoms with Crippen LogP contribution < -0.4 is 0 Å². The first-order valence-electron chi connectivity index (χ1n) is 3.17. The smallest absolute Gasteiger partial charge is 0.181 e. The van der Waals surface area contributed by atoms with E-state index in [-0.39, 0.29) is 6.10 Å². The van der Waals surface area contributed by atoms with Gasteiger partial charge in [-0.2, -0.15) is 0 Å². The molecule has 1 saturated heterocycles. The summed E-state index contributed by atoms with van der Waals surface area (Å²) in [6, 6.07) is 0. The first-order valence-corrected chi connectivity index (χ1v) is 3.17. The highest BCUT2D eigenvalue weighted by molar-refractivity contribution is 4.64. The molecule has 0 saturated carbocycles. The highest BCUT2D eigenvalue weighted by Crippen LogP contribution is 2.13. The fourth-order valence-corrected chi connectivity index (χ4v) is 0.973. The highest BCUT2D eigenvalue weighted by atomic mass is 16.6. The fourth-order valence-electron chi connectivity index (χ4n) is 0.973. The van der Waals surface area contributed by atoms with Crippen LogP contribution in [0.5, 0.6) is 0 Å². The molecule has 0 bridgehead atoms. The molecule has 9 heavy (non-hydrogen) atoms. The lowest BCUT2D eigenvalue weighted by molar-refractivity contribution is -0.193. The Hall–Kier alpha value is -0.120. The second kappa shape index (κ2) is 3.15. The molecule has 0 spiro atoms. The summed E-state index contributed by atoms with van der Waals surface area (Å²) in [6.45, 7) is 0.654. The standard InChI is InChI=1S/C6H12O3/c1-8-5-3-2-4-9-6(5)7/h5-7H,2-4H2,1H3/t5-,6?/m0/s1. The van der Waals surface area contributed by atoms with Gasteiger partial charge in [0, 0.05) is 13.7 Å². The molecule has 1 N–H and O–H groups in total. The van der Waals surface area contributed by atoms with Crippen molar-refractivity contribution in [3.8, 4) is 0 Å². The van der Waals surface area contributed by atoms with Gasteiger partial charge in [-0.1, -0.05) is 0 Å². The van der Waals surface area contributed by atoms with Crippen LogP contribution in [0.1, 0.15) is 12.8 Å². The summed E-state index contributed by atoms with van der Waals surface area (Å²) in [5, 5.41) is 9.02. The molecule has 1 heterocycles. The largest absolute Gasteiger partial charge is 0.376 e. The minimum atomic E-state index is -0.705. The van der Waals surface area contributed by atoms with Crippen molar-refractivity contribution in [1.82, 2.24) is 0 Å². The quantitative estimate of drug-likeness (QED) is 0.551. The van der Waals surface area contributed by atoms with E-state index in [9.17, 15) is 0 Å². The fraction of sp³-hybridized carbons (Fsp3) is 1.00. The summed E-state index contributed by atoms with van der Waals surface area (Å²) in [4.78, 5) is 0. The number of methoxy groups -OCH3 is 1. The topological polar surface area (TPSA) is 38.7 Å². The van der Waals surface area contributed by atoms with E-state index in [1.807, 2.05) is 0 Å². The molecule has 3 nitrogen and oxygen atoms in total. The molecule has 0 aromatic rings. The van der Waals surface area contributed by atoms with Gasteiger partial charge in [-0.3, -0.25) is 0 Å². The molecule has 0 aliphatic carbocycles. The van der Waals surface area contributed by atoms with E-state index < -0.39 is 6.29 Å². The molecule has 0 radical (unpaired) electrons. The van der Waals surface area contributed by atoms with Gasteiger partial charge in [-0.15, -0.1) is 0 Å². The molecule has 1 aliphatic heterocycles. The third-order valence-corrected chi connectivity index (χ3v) is 1.54. The van der Waals surface area contributed by atoms with Gasteiger partial charge in [-0.05, 0) is 12.8 Å². The predicted octanol–water partition coefficient (Wildman–Crippen LogP) is 0.130. The molecule has 0 aromatic carbocycles. The Morgan fingerprint density at radius 1 is 1.67 bits per heavy atom. The molecule has 54 valence electrons. The van der Waals surface area contributed by atoms with Crippen molar-refractivity contribution in [3.05, 3.63) is 0 Å². The zero-order valence-corrected chi connectivity index (χ0v) is 5.54. The molecule has 1 unspecified atom stereocenters. The van der Waals surface area contributed by atoms with Crippen LogP contribution in [0.3, 0.4) is 0 Å². The van der Waals surface area contributed by atoms with Gasteiger partial charge >= 0.3 is 0 Å². The van der Waals surface area contributed by atoms with Crippen LogP contribution in [-0.2, 0) is 9.47 Å². The molecule has 3 heteroatoms. The second-order valence-corrected chi connectivity index (χ2v) is 2.18. The molecular formula is C6H12O3. The normalized spacial score (nSPS) is 36.7. The summed E-state index contributed by atoms with van der Waals surface area (Å²) in [7, 11) is 1.59. The maximum Gasteiger partial charge on any atom is 0.181 e. The second-order valence-electron chi connectivity index (χ2n) is 2.18. The number of aliphatic hydroxyl groups is 1. The third kappa shape index (κ3) is 1.64. The van der Waals surface area contributed by atoms with Gasteiger partial charge in [0.15, 0.2) is 6.29 Å². The molecule has 1 fully saturated rings. The maximum absolute atomic E-state index is 9.02. The van der Waals surface area contributed by atoms with Crippen molar-refractivity contribution in [3.63, 3.8) is 0 Å². The minimum Gasteiger partial charge on any atom is -0.376 e. The Bertz CT molecular complexity index is 84.4. The number of hydrogen-bond donors (Lipinski definition) is 1. The molecular weight excluding hydrogens is 120 g/mol. The van der Waals surface area contributed by atoms with Crippen LogP contribution in [0.25, 0.3) is 0 Å². The van der Waals surface area contributed by atoms with Gasteiger partial charge < -0.3 is 14.6 Å².